The fourth-order valence-corrected chi connectivity index (χ4v) is 2.60. The quantitative estimate of drug-likeness (QED) is 0.661. The van der Waals surface area contributed by atoms with Crippen molar-refractivity contribution in [3.63, 3.8) is 0 Å². The summed E-state index contributed by atoms with van der Waals surface area (Å²) in [4.78, 5) is 12.0. The monoisotopic (exact) mass is 270 g/mol. The van der Waals surface area contributed by atoms with E-state index in [9.17, 15) is 9.90 Å². The highest BCUT2D eigenvalue weighted by atomic mass is 16.3. The van der Waals surface area contributed by atoms with Gasteiger partial charge in [-0.25, -0.2) is 0 Å². The maximum absolute atomic E-state index is 12.0. The van der Waals surface area contributed by atoms with Gasteiger partial charge in [0.05, 0.1) is 12.1 Å². The smallest absolute Gasteiger partial charge is 0.237 e. The second-order valence-electron chi connectivity index (χ2n) is 5.83. The van der Waals surface area contributed by atoms with Crippen molar-refractivity contribution in [2.45, 2.75) is 77.5 Å². The standard InChI is InChI=1S/C15H30N2O2/c1-4-13(5-2)17-15(19)11(3)16-10-12-6-8-14(18)9-7-12/h11-14,16,18H,4-10H2,1-3H3,(H,17,19). The molecule has 1 fully saturated rings. The molecule has 1 unspecified atom stereocenters. The van der Waals surface area contributed by atoms with Crippen LogP contribution in [0.1, 0.15) is 59.3 Å². The van der Waals surface area contributed by atoms with E-state index >= 15 is 0 Å². The summed E-state index contributed by atoms with van der Waals surface area (Å²) in [6.45, 7) is 7.00. The van der Waals surface area contributed by atoms with E-state index in [4.69, 9.17) is 0 Å². The average Bonchev–Trinajstić information content (AvgIpc) is 2.43. The lowest BCUT2D eigenvalue weighted by Crippen LogP contribution is -2.47. The zero-order valence-corrected chi connectivity index (χ0v) is 12.6. The lowest BCUT2D eigenvalue weighted by molar-refractivity contribution is -0.123. The molecule has 3 N–H and O–H groups in total. The summed E-state index contributed by atoms with van der Waals surface area (Å²) >= 11 is 0. The van der Waals surface area contributed by atoms with Gasteiger partial charge in [-0.1, -0.05) is 13.8 Å². The van der Waals surface area contributed by atoms with Gasteiger partial charge in [-0.05, 0) is 57.9 Å². The lowest BCUT2D eigenvalue weighted by atomic mass is 9.87. The van der Waals surface area contributed by atoms with Crippen molar-refractivity contribution in [3.05, 3.63) is 0 Å². The molecule has 0 heterocycles. The van der Waals surface area contributed by atoms with Crippen LogP contribution in [0.25, 0.3) is 0 Å². The van der Waals surface area contributed by atoms with Gasteiger partial charge in [0.1, 0.15) is 0 Å². The molecule has 0 aromatic rings. The Morgan fingerprint density at radius 1 is 1.21 bits per heavy atom. The second kappa shape index (κ2) is 8.54. The highest BCUT2D eigenvalue weighted by Crippen LogP contribution is 2.23. The first-order chi connectivity index (χ1) is 9.06. The van der Waals surface area contributed by atoms with Gasteiger partial charge in [0.25, 0.3) is 0 Å². The van der Waals surface area contributed by atoms with Crippen LogP contribution in [0.4, 0.5) is 0 Å². The first kappa shape index (κ1) is 16.4. The number of hydrogen-bond acceptors (Lipinski definition) is 3. The van der Waals surface area contributed by atoms with Gasteiger partial charge in [-0.2, -0.15) is 0 Å². The average molecular weight is 270 g/mol. The minimum absolute atomic E-state index is 0.101. The molecule has 4 heteroatoms. The Labute approximate surface area is 117 Å². The number of rotatable bonds is 7. The first-order valence-corrected chi connectivity index (χ1v) is 7.78. The van der Waals surface area contributed by atoms with Crippen molar-refractivity contribution < 1.29 is 9.90 Å². The molecule has 0 radical (unpaired) electrons. The van der Waals surface area contributed by atoms with Crippen molar-refractivity contribution in [2.75, 3.05) is 6.54 Å². The highest BCUT2D eigenvalue weighted by molar-refractivity contribution is 5.81. The Morgan fingerprint density at radius 2 is 1.79 bits per heavy atom. The summed E-state index contributed by atoms with van der Waals surface area (Å²) in [6, 6.07) is 0.161. The van der Waals surface area contributed by atoms with Gasteiger partial charge < -0.3 is 15.7 Å². The number of carbonyl (C=O) groups excluding carboxylic acids is 1. The van der Waals surface area contributed by atoms with E-state index in [-0.39, 0.29) is 18.1 Å². The number of aliphatic hydroxyl groups excluding tert-OH is 1. The summed E-state index contributed by atoms with van der Waals surface area (Å²) in [6.07, 6.45) is 5.79. The Bertz CT molecular complexity index is 259. The Morgan fingerprint density at radius 3 is 2.32 bits per heavy atom. The van der Waals surface area contributed by atoms with E-state index in [0.717, 1.165) is 45.1 Å². The molecule has 1 aliphatic carbocycles. The third-order valence-electron chi connectivity index (χ3n) is 4.25. The summed E-state index contributed by atoms with van der Waals surface area (Å²) in [7, 11) is 0. The summed E-state index contributed by atoms with van der Waals surface area (Å²) in [5, 5.41) is 15.9. The third-order valence-corrected chi connectivity index (χ3v) is 4.25. The Balaban J connectivity index is 2.22. The van der Waals surface area contributed by atoms with Crippen LogP contribution in [-0.2, 0) is 4.79 Å². The predicted molar refractivity (Wildman–Crippen MR) is 77.9 cm³/mol. The number of hydrogen-bond donors (Lipinski definition) is 3. The van der Waals surface area contributed by atoms with Crippen LogP contribution >= 0.6 is 0 Å². The normalized spacial score (nSPS) is 25.3. The summed E-state index contributed by atoms with van der Waals surface area (Å²) < 4.78 is 0. The molecular weight excluding hydrogens is 240 g/mol. The minimum atomic E-state index is -0.132. The number of carbonyl (C=O) groups is 1. The largest absolute Gasteiger partial charge is 0.393 e. The van der Waals surface area contributed by atoms with Gasteiger partial charge in [0.15, 0.2) is 0 Å². The summed E-state index contributed by atoms with van der Waals surface area (Å²) in [5.74, 6) is 0.705. The zero-order chi connectivity index (χ0) is 14.3. The fourth-order valence-electron chi connectivity index (χ4n) is 2.60. The van der Waals surface area contributed by atoms with Crippen LogP contribution in [-0.4, -0.2) is 35.7 Å². The Kier molecular flexibility index (Phi) is 7.39. The molecule has 4 nitrogen and oxygen atoms in total. The molecule has 1 amide bonds. The summed E-state index contributed by atoms with van der Waals surface area (Å²) in [5.41, 5.74) is 0. The maximum Gasteiger partial charge on any atom is 0.237 e. The highest BCUT2D eigenvalue weighted by Gasteiger charge is 2.21. The molecule has 1 rings (SSSR count). The molecule has 1 aliphatic rings. The number of aliphatic hydroxyl groups is 1. The topological polar surface area (TPSA) is 61.4 Å². The van der Waals surface area contributed by atoms with Crippen LogP contribution in [0.5, 0.6) is 0 Å². The molecule has 19 heavy (non-hydrogen) atoms. The third kappa shape index (κ3) is 5.91. The number of nitrogens with one attached hydrogen (secondary N) is 2. The molecule has 0 aliphatic heterocycles. The molecule has 0 bridgehead atoms. The van der Waals surface area contributed by atoms with Crippen molar-refractivity contribution in [3.8, 4) is 0 Å². The second-order valence-corrected chi connectivity index (χ2v) is 5.83. The van der Waals surface area contributed by atoms with E-state index in [2.05, 4.69) is 24.5 Å². The van der Waals surface area contributed by atoms with E-state index in [1.54, 1.807) is 0 Å². The lowest BCUT2D eigenvalue weighted by Gasteiger charge is -2.27. The molecule has 0 aromatic heterocycles. The Hall–Kier alpha value is -0.610. The SMILES string of the molecule is CCC(CC)NC(=O)C(C)NCC1CCC(O)CC1. The van der Waals surface area contributed by atoms with Crippen LogP contribution < -0.4 is 10.6 Å². The molecular formula is C15H30N2O2. The van der Waals surface area contributed by atoms with Gasteiger partial charge >= 0.3 is 0 Å². The molecule has 0 saturated heterocycles. The zero-order valence-electron chi connectivity index (χ0n) is 12.6. The molecule has 1 atom stereocenters. The van der Waals surface area contributed by atoms with Gasteiger partial charge in [-0.3, -0.25) is 4.79 Å². The van der Waals surface area contributed by atoms with Crippen LogP contribution in [0.3, 0.4) is 0 Å². The predicted octanol–water partition coefficient (Wildman–Crippen LogP) is 1.82. The molecule has 0 aromatic carbocycles. The van der Waals surface area contributed by atoms with Crippen molar-refractivity contribution in [2.24, 2.45) is 5.92 Å². The maximum atomic E-state index is 12.0. The minimum Gasteiger partial charge on any atom is -0.393 e. The fraction of sp³-hybridized carbons (Fsp3) is 0.933. The van der Waals surface area contributed by atoms with Crippen molar-refractivity contribution in [1.29, 1.82) is 0 Å². The van der Waals surface area contributed by atoms with Crippen LogP contribution in [0.15, 0.2) is 0 Å². The van der Waals surface area contributed by atoms with Gasteiger partial charge in [0.2, 0.25) is 5.91 Å². The van der Waals surface area contributed by atoms with Gasteiger partial charge in [0, 0.05) is 6.04 Å². The first-order valence-electron chi connectivity index (χ1n) is 7.78. The molecule has 0 spiro atoms. The van der Waals surface area contributed by atoms with E-state index in [1.165, 1.54) is 0 Å². The number of amides is 1. The van der Waals surface area contributed by atoms with Crippen molar-refractivity contribution >= 4 is 5.91 Å². The molecule has 112 valence electrons. The van der Waals surface area contributed by atoms with Crippen LogP contribution in [0.2, 0.25) is 0 Å². The van der Waals surface area contributed by atoms with Crippen LogP contribution in [0, 0.1) is 5.92 Å². The van der Waals surface area contributed by atoms with E-state index < -0.39 is 0 Å². The van der Waals surface area contributed by atoms with Gasteiger partial charge in [-0.15, -0.1) is 0 Å². The van der Waals surface area contributed by atoms with E-state index in [0.29, 0.717) is 12.0 Å². The van der Waals surface area contributed by atoms with Crippen molar-refractivity contribution in [1.82, 2.24) is 10.6 Å². The van der Waals surface area contributed by atoms with E-state index in [1.807, 2.05) is 6.92 Å². The molecule has 1 saturated carbocycles.